The number of halogens is 4. The monoisotopic (exact) mass is 538 g/mol. The lowest BCUT2D eigenvalue weighted by Gasteiger charge is -2.14. The van der Waals surface area contributed by atoms with Gasteiger partial charge >= 0.3 is 6.18 Å². The quantitative estimate of drug-likeness (QED) is 0.341. The van der Waals surface area contributed by atoms with Crippen molar-refractivity contribution >= 4 is 32.4 Å². The third-order valence-electron chi connectivity index (χ3n) is 5.22. The van der Waals surface area contributed by atoms with Crippen LogP contribution in [0.25, 0.3) is 22.3 Å². The predicted molar refractivity (Wildman–Crippen MR) is 128 cm³/mol. The molecule has 1 atom stereocenters. The SMILES string of the molecule is O=c1cc(-c2ccc(Cl)cc2)oc2cc(OCC(O)CS(=O)(=O)c3ccc(C(F)(F)F)cc3)ccc12. The first-order valence-corrected chi connectivity index (χ1v) is 12.5. The summed E-state index contributed by atoms with van der Waals surface area (Å²) in [5.74, 6) is -0.240. The number of alkyl halides is 3. The second-order valence-electron chi connectivity index (χ2n) is 7.91. The molecule has 1 N–H and O–H groups in total. The first-order valence-electron chi connectivity index (χ1n) is 10.5. The number of benzene rings is 3. The Morgan fingerprint density at radius 3 is 2.28 bits per heavy atom. The maximum Gasteiger partial charge on any atom is 0.416 e. The number of hydrogen-bond acceptors (Lipinski definition) is 6. The predicted octanol–water partition coefficient (Wildman–Crippen LogP) is 5.35. The van der Waals surface area contributed by atoms with E-state index in [0.717, 1.165) is 12.1 Å². The Morgan fingerprint density at radius 2 is 1.64 bits per heavy atom. The molecule has 188 valence electrons. The minimum Gasteiger partial charge on any atom is -0.491 e. The van der Waals surface area contributed by atoms with E-state index in [1.165, 1.54) is 24.3 Å². The highest BCUT2D eigenvalue weighted by molar-refractivity contribution is 7.91. The Kier molecular flexibility index (Phi) is 7.12. The van der Waals surface area contributed by atoms with Crippen LogP contribution >= 0.6 is 11.6 Å². The molecule has 3 aromatic carbocycles. The van der Waals surface area contributed by atoms with Gasteiger partial charge in [0.15, 0.2) is 15.3 Å². The van der Waals surface area contributed by atoms with Gasteiger partial charge < -0.3 is 14.3 Å². The van der Waals surface area contributed by atoms with E-state index in [1.807, 2.05) is 0 Å². The molecule has 11 heteroatoms. The maximum absolute atomic E-state index is 12.7. The van der Waals surface area contributed by atoms with Crippen molar-refractivity contribution < 1.29 is 35.8 Å². The molecule has 0 saturated carbocycles. The maximum atomic E-state index is 12.7. The highest BCUT2D eigenvalue weighted by Gasteiger charge is 2.31. The van der Waals surface area contributed by atoms with E-state index in [-0.39, 0.29) is 21.7 Å². The lowest BCUT2D eigenvalue weighted by molar-refractivity contribution is -0.137. The van der Waals surface area contributed by atoms with Gasteiger partial charge in [0, 0.05) is 22.7 Å². The molecule has 0 aliphatic carbocycles. The molecule has 0 amide bonds. The Labute approximate surface area is 208 Å². The fourth-order valence-electron chi connectivity index (χ4n) is 3.42. The zero-order valence-corrected chi connectivity index (χ0v) is 19.9. The summed E-state index contributed by atoms with van der Waals surface area (Å²) in [4.78, 5) is 12.1. The summed E-state index contributed by atoms with van der Waals surface area (Å²) >= 11 is 5.90. The first-order chi connectivity index (χ1) is 16.9. The third-order valence-corrected chi connectivity index (χ3v) is 7.29. The highest BCUT2D eigenvalue weighted by Crippen LogP contribution is 2.30. The van der Waals surface area contributed by atoms with Crippen molar-refractivity contribution in [2.75, 3.05) is 12.4 Å². The average molecular weight is 539 g/mol. The van der Waals surface area contributed by atoms with Crippen molar-refractivity contribution in [3.8, 4) is 17.1 Å². The molecule has 1 heterocycles. The molecule has 6 nitrogen and oxygen atoms in total. The van der Waals surface area contributed by atoms with Crippen molar-refractivity contribution in [3.05, 3.63) is 93.6 Å². The molecule has 4 aromatic rings. The van der Waals surface area contributed by atoms with Crippen LogP contribution in [-0.4, -0.2) is 32.0 Å². The summed E-state index contributed by atoms with van der Waals surface area (Å²) in [6.07, 6.45) is -6.06. The molecule has 4 rings (SSSR count). The molecule has 0 fully saturated rings. The molecule has 0 aliphatic heterocycles. The van der Waals surface area contributed by atoms with Crippen LogP contribution in [0.3, 0.4) is 0 Å². The Morgan fingerprint density at radius 1 is 0.972 bits per heavy atom. The van der Waals surface area contributed by atoms with E-state index in [0.29, 0.717) is 33.9 Å². The number of aliphatic hydroxyl groups excluding tert-OH is 1. The molecule has 36 heavy (non-hydrogen) atoms. The number of hydrogen-bond donors (Lipinski definition) is 1. The second kappa shape index (κ2) is 9.96. The van der Waals surface area contributed by atoms with E-state index in [9.17, 15) is 31.5 Å². The fraction of sp³-hybridized carbons (Fsp3) is 0.160. The minimum absolute atomic E-state index is 0.213. The van der Waals surface area contributed by atoms with Gasteiger partial charge in [0.25, 0.3) is 0 Å². The van der Waals surface area contributed by atoms with Gasteiger partial charge in [0.1, 0.15) is 29.8 Å². The Balaban J connectivity index is 1.46. The smallest absolute Gasteiger partial charge is 0.416 e. The van der Waals surface area contributed by atoms with Crippen LogP contribution in [0.15, 0.2) is 86.9 Å². The molecule has 0 bridgehead atoms. The summed E-state index contributed by atoms with van der Waals surface area (Å²) < 4.78 is 74.3. The largest absolute Gasteiger partial charge is 0.491 e. The first kappa shape index (κ1) is 25.7. The third kappa shape index (κ3) is 5.89. The van der Waals surface area contributed by atoms with Crippen LogP contribution in [0, 0.1) is 0 Å². The molecule has 0 spiro atoms. The van der Waals surface area contributed by atoms with Gasteiger partial charge in [-0.1, -0.05) is 11.6 Å². The van der Waals surface area contributed by atoms with Crippen molar-refractivity contribution in [1.29, 1.82) is 0 Å². The lowest BCUT2D eigenvalue weighted by atomic mass is 10.1. The second-order valence-corrected chi connectivity index (χ2v) is 10.4. The topological polar surface area (TPSA) is 93.8 Å². The van der Waals surface area contributed by atoms with Crippen molar-refractivity contribution in [1.82, 2.24) is 0 Å². The molecule has 0 radical (unpaired) electrons. The van der Waals surface area contributed by atoms with Crippen LogP contribution in [0.1, 0.15) is 5.56 Å². The van der Waals surface area contributed by atoms with Gasteiger partial charge in [0.2, 0.25) is 0 Å². The zero-order chi connectivity index (χ0) is 26.1. The Hall–Kier alpha value is -3.34. The summed E-state index contributed by atoms with van der Waals surface area (Å²) in [6, 6.07) is 15.4. The van der Waals surface area contributed by atoms with Crippen molar-refractivity contribution in [2.45, 2.75) is 17.2 Å². The van der Waals surface area contributed by atoms with Gasteiger partial charge in [-0.2, -0.15) is 13.2 Å². The fourth-order valence-corrected chi connectivity index (χ4v) is 4.89. The summed E-state index contributed by atoms with van der Waals surface area (Å²) in [6.45, 7) is -0.424. The van der Waals surface area contributed by atoms with Gasteiger partial charge in [-0.15, -0.1) is 0 Å². The zero-order valence-electron chi connectivity index (χ0n) is 18.3. The van der Waals surface area contributed by atoms with E-state index < -0.39 is 40.0 Å². The van der Waals surface area contributed by atoms with Crippen LogP contribution in [0.4, 0.5) is 13.2 Å². The van der Waals surface area contributed by atoms with E-state index in [4.69, 9.17) is 20.8 Å². The lowest BCUT2D eigenvalue weighted by Crippen LogP contribution is -2.27. The number of ether oxygens (including phenoxy) is 1. The Bertz CT molecular complexity index is 1550. The number of fused-ring (bicyclic) bond motifs is 1. The van der Waals surface area contributed by atoms with Gasteiger partial charge in [-0.05, 0) is 60.7 Å². The normalized spacial score (nSPS) is 13.0. The number of aliphatic hydroxyl groups is 1. The van der Waals surface area contributed by atoms with E-state index in [2.05, 4.69) is 0 Å². The average Bonchev–Trinajstić information content (AvgIpc) is 2.82. The molecular formula is C25H18ClF3O6S. The number of sulfone groups is 1. The van der Waals surface area contributed by atoms with Crippen LogP contribution in [0.2, 0.25) is 5.02 Å². The molecule has 0 saturated heterocycles. The minimum atomic E-state index is -4.59. The standard InChI is InChI=1S/C25H18ClF3O6S/c26-17-5-1-15(2-6-17)23-12-22(31)21-10-7-19(11-24(21)35-23)34-13-18(30)14-36(32,33)20-8-3-16(4-9-20)25(27,28)29/h1-12,18,30H,13-14H2. The highest BCUT2D eigenvalue weighted by atomic mass is 35.5. The van der Waals surface area contributed by atoms with E-state index in [1.54, 1.807) is 24.3 Å². The number of rotatable bonds is 7. The van der Waals surface area contributed by atoms with E-state index >= 15 is 0 Å². The summed E-state index contributed by atoms with van der Waals surface area (Å²) in [5, 5.41) is 11.0. The van der Waals surface area contributed by atoms with Crippen LogP contribution < -0.4 is 10.2 Å². The molecule has 1 unspecified atom stereocenters. The summed E-state index contributed by atoms with van der Waals surface area (Å²) in [7, 11) is -4.07. The molecular weight excluding hydrogens is 521 g/mol. The molecule has 0 aliphatic rings. The van der Waals surface area contributed by atoms with Gasteiger partial charge in [-0.3, -0.25) is 4.79 Å². The van der Waals surface area contributed by atoms with Crippen molar-refractivity contribution in [3.63, 3.8) is 0 Å². The van der Waals surface area contributed by atoms with Gasteiger partial charge in [-0.25, -0.2) is 8.42 Å². The molecule has 1 aromatic heterocycles. The van der Waals surface area contributed by atoms with Crippen LogP contribution in [-0.2, 0) is 16.0 Å². The van der Waals surface area contributed by atoms with Crippen LogP contribution in [0.5, 0.6) is 5.75 Å². The van der Waals surface area contributed by atoms with Gasteiger partial charge in [0.05, 0.1) is 21.6 Å². The van der Waals surface area contributed by atoms with Crippen molar-refractivity contribution in [2.24, 2.45) is 0 Å². The summed E-state index contributed by atoms with van der Waals surface area (Å²) in [5.41, 5.74) is -0.409.